The third-order valence-electron chi connectivity index (χ3n) is 5.48. The SMILES string of the molecule is CN(C(=O)C1=NN2c3cc(F)ccc3OC[C@H]2[C@H]1c1ccccc1)C(C)(C)C. The van der Waals surface area contributed by atoms with Crippen molar-refractivity contribution in [1.29, 1.82) is 0 Å². The smallest absolute Gasteiger partial charge is 0.270 e. The summed E-state index contributed by atoms with van der Waals surface area (Å²) in [4.78, 5) is 15.1. The summed E-state index contributed by atoms with van der Waals surface area (Å²) in [5.41, 5.74) is 1.66. The number of fused-ring (bicyclic) bond motifs is 3. The molecule has 0 N–H and O–H groups in total. The standard InChI is InChI=1S/C22H24FN3O2/c1-22(2,3)25(4)21(27)20-19(14-8-6-5-7-9-14)17-13-28-18-11-10-15(23)12-16(18)26(17)24-20/h5-12,17,19H,13H2,1-4H3/t17-,19+/m0/s1. The molecule has 0 saturated carbocycles. The molecule has 1 amide bonds. The molecule has 0 spiro atoms. The molecule has 0 bridgehead atoms. The summed E-state index contributed by atoms with van der Waals surface area (Å²) in [6, 6.07) is 14.0. The molecule has 28 heavy (non-hydrogen) atoms. The zero-order valence-electron chi connectivity index (χ0n) is 16.5. The molecule has 0 aliphatic carbocycles. The molecule has 5 nitrogen and oxygen atoms in total. The van der Waals surface area contributed by atoms with Gasteiger partial charge in [0.2, 0.25) is 0 Å². The van der Waals surface area contributed by atoms with Crippen LogP contribution in [0.1, 0.15) is 32.3 Å². The van der Waals surface area contributed by atoms with Crippen LogP contribution in [0.15, 0.2) is 53.6 Å². The third-order valence-corrected chi connectivity index (χ3v) is 5.48. The van der Waals surface area contributed by atoms with Crippen molar-refractivity contribution in [2.24, 2.45) is 5.10 Å². The highest BCUT2D eigenvalue weighted by Gasteiger charge is 2.46. The first-order chi connectivity index (χ1) is 13.3. The molecule has 4 rings (SSSR count). The molecule has 2 aliphatic heterocycles. The first-order valence-corrected chi connectivity index (χ1v) is 9.40. The Bertz CT molecular complexity index is 937. The zero-order valence-corrected chi connectivity index (χ0v) is 16.5. The average molecular weight is 381 g/mol. The normalized spacial score (nSPS) is 20.8. The van der Waals surface area contributed by atoms with Gasteiger partial charge < -0.3 is 9.64 Å². The van der Waals surface area contributed by atoms with Gasteiger partial charge in [-0.1, -0.05) is 30.3 Å². The number of nitrogens with zero attached hydrogens (tertiary/aromatic N) is 3. The lowest BCUT2D eigenvalue weighted by Crippen LogP contribution is -2.48. The molecular weight excluding hydrogens is 357 g/mol. The number of rotatable bonds is 2. The molecule has 6 heteroatoms. The van der Waals surface area contributed by atoms with Crippen LogP contribution in [0.2, 0.25) is 0 Å². The van der Waals surface area contributed by atoms with Gasteiger partial charge >= 0.3 is 0 Å². The number of amides is 1. The van der Waals surface area contributed by atoms with Gasteiger partial charge in [0.1, 0.15) is 29.6 Å². The maximum Gasteiger partial charge on any atom is 0.270 e. The van der Waals surface area contributed by atoms with Gasteiger partial charge in [-0.05, 0) is 38.5 Å². The number of halogens is 1. The minimum Gasteiger partial charge on any atom is -0.489 e. The van der Waals surface area contributed by atoms with Gasteiger partial charge in [0, 0.05) is 18.7 Å². The number of hydrazone groups is 1. The number of hydrogen-bond acceptors (Lipinski definition) is 4. The summed E-state index contributed by atoms with van der Waals surface area (Å²) in [5.74, 6) is -0.171. The minimum absolute atomic E-state index is 0.131. The highest BCUT2D eigenvalue weighted by molar-refractivity contribution is 6.42. The van der Waals surface area contributed by atoms with Crippen LogP contribution in [-0.2, 0) is 4.79 Å². The van der Waals surface area contributed by atoms with Gasteiger partial charge in [-0.15, -0.1) is 0 Å². The van der Waals surface area contributed by atoms with Gasteiger partial charge in [0.15, 0.2) is 0 Å². The third kappa shape index (κ3) is 3.03. The van der Waals surface area contributed by atoms with E-state index in [0.717, 1.165) is 5.56 Å². The molecule has 2 aliphatic rings. The summed E-state index contributed by atoms with van der Waals surface area (Å²) in [6.07, 6.45) is 0. The van der Waals surface area contributed by atoms with Gasteiger partial charge in [0.25, 0.3) is 5.91 Å². The van der Waals surface area contributed by atoms with Crippen molar-refractivity contribution in [1.82, 2.24) is 4.90 Å². The van der Waals surface area contributed by atoms with E-state index in [1.807, 2.05) is 51.1 Å². The predicted octanol–water partition coefficient (Wildman–Crippen LogP) is 3.80. The van der Waals surface area contributed by atoms with Crippen molar-refractivity contribution in [3.8, 4) is 5.75 Å². The van der Waals surface area contributed by atoms with Gasteiger partial charge in [-0.25, -0.2) is 4.39 Å². The second-order valence-corrected chi connectivity index (χ2v) is 8.24. The maximum atomic E-state index is 13.9. The fourth-order valence-corrected chi connectivity index (χ4v) is 3.63. The predicted molar refractivity (Wildman–Crippen MR) is 107 cm³/mol. The number of benzene rings is 2. The van der Waals surface area contributed by atoms with E-state index in [9.17, 15) is 9.18 Å². The Hall–Kier alpha value is -2.89. The number of anilines is 1. The molecule has 2 heterocycles. The average Bonchev–Trinajstić information content (AvgIpc) is 3.06. The lowest BCUT2D eigenvalue weighted by atomic mass is 9.86. The molecule has 2 aromatic carbocycles. The number of hydrogen-bond donors (Lipinski definition) is 0. The quantitative estimate of drug-likeness (QED) is 0.795. The van der Waals surface area contributed by atoms with Crippen molar-refractivity contribution in [3.63, 3.8) is 0 Å². The molecule has 2 atom stereocenters. The van der Waals surface area contributed by atoms with E-state index >= 15 is 0 Å². The van der Waals surface area contributed by atoms with Crippen LogP contribution in [0.3, 0.4) is 0 Å². The summed E-state index contributed by atoms with van der Waals surface area (Å²) in [5, 5.41) is 6.45. The van der Waals surface area contributed by atoms with E-state index in [4.69, 9.17) is 9.84 Å². The zero-order chi connectivity index (χ0) is 20.1. The highest BCUT2D eigenvalue weighted by atomic mass is 19.1. The molecular formula is C22H24FN3O2. The van der Waals surface area contributed by atoms with E-state index in [0.29, 0.717) is 23.8 Å². The second-order valence-electron chi connectivity index (χ2n) is 8.24. The first kappa shape index (κ1) is 18.5. The Kier molecular flexibility index (Phi) is 4.37. The number of ether oxygens (including phenoxy) is 1. The van der Waals surface area contributed by atoms with Crippen LogP contribution < -0.4 is 9.75 Å². The lowest BCUT2D eigenvalue weighted by Gasteiger charge is -2.34. The topological polar surface area (TPSA) is 45.1 Å². The minimum atomic E-state index is -0.360. The summed E-state index contributed by atoms with van der Waals surface area (Å²) in [7, 11) is 1.79. The summed E-state index contributed by atoms with van der Waals surface area (Å²) >= 11 is 0. The van der Waals surface area contributed by atoms with Crippen LogP contribution in [0.25, 0.3) is 0 Å². The Morgan fingerprint density at radius 2 is 1.93 bits per heavy atom. The summed E-state index contributed by atoms with van der Waals surface area (Å²) < 4.78 is 19.8. The van der Waals surface area contributed by atoms with Crippen LogP contribution in [0.4, 0.5) is 10.1 Å². The fraction of sp³-hybridized carbons (Fsp3) is 0.364. The fourth-order valence-electron chi connectivity index (χ4n) is 3.63. The number of carbonyl (C=O) groups is 1. The van der Waals surface area contributed by atoms with Crippen molar-refractivity contribution < 1.29 is 13.9 Å². The Balaban J connectivity index is 1.82. The summed E-state index contributed by atoms with van der Waals surface area (Å²) in [6.45, 7) is 6.33. The van der Waals surface area contributed by atoms with E-state index in [2.05, 4.69) is 0 Å². The molecule has 146 valence electrons. The van der Waals surface area contributed by atoms with E-state index < -0.39 is 0 Å². The van der Waals surface area contributed by atoms with Crippen molar-refractivity contribution in [3.05, 3.63) is 59.9 Å². The maximum absolute atomic E-state index is 13.9. The number of carbonyl (C=O) groups excluding carboxylic acids is 1. The monoisotopic (exact) mass is 381 g/mol. The molecule has 0 fully saturated rings. The van der Waals surface area contributed by atoms with Crippen LogP contribution in [0, 0.1) is 5.82 Å². The Morgan fingerprint density at radius 3 is 2.61 bits per heavy atom. The van der Waals surface area contributed by atoms with Crippen molar-refractivity contribution in [2.45, 2.75) is 38.3 Å². The Labute approximate surface area is 164 Å². The first-order valence-electron chi connectivity index (χ1n) is 9.40. The largest absolute Gasteiger partial charge is 0.489 e. The van der Waals surface area contributed by atoms with Crippen LogP contribution in [-0.4, -0.2) is 41.8 Å². The van der Waals surface area contributed by atoms with Crippen molar-refractivity contribution in [2.75, 3.05) is 18.7 Å². The molecule has 0 saturated heterocycles. The van der Waals surface area contributed by atoms with Crippen LogP contribution >= 0.6 is 0 Å². The van der Waals surface area contributed by atoms with Crippen LogP contribution in [0.5, 0.6) is 5.75 Å². The van der Waals surface area contributed by atoms with Gasteiger partial charge in [-0.3, -0.25) is 9.80 Å². The molecule has 0 aromatic heterocycles. The Morgan fingerprint density at radius 1 is 1.21 bits per heavy atom. The highest BCUT2D eigenvalue weighted by Crippen LogP contribution is 2.43. The van der Waals surface area contributed by atoms with Gasteiger partial charge in [-0.2, -0.15) is 5.10 Å². The molecule has 0 radical (unpaired) electrons. The molecule has 0 unspecified atom stereocenters. The lowest BCUT2D eigenvalue weighted by molar-refractivity contribution is -0.126. The van der Waals surface area contributed by atoms with E-state index in [-0.39, 0.29) is 29.2 Å². The second kappa shape index (κ2) is 6.62. The van der Waals surface area contributed by atoms with E-state index in [1.54, 1.807) is 23.0 Å². The van der Waals surface area contributed by atoms with Gasteiger partial charge in [0.05, 0.1) is 12.0 Å². The van der Waals surface area contributed by atoms with Crippen molar-refractivity contribution >= 4 is 17.3 Å². The van der Waals surface area contributed by atoms with E-state index in [1.165, 1.54) is 12.1 Å². The molecule has 2 aromatic rings.